The lowest BCUT2D eigenvalue weighted by molar-refractivity contribution is -0.137. The molecule has 0 radical (unpaired) electrons. The average molecular weight is 467 g/mol. The Morgan fingerprint density at radius 3 is 2.18 bits per heavy atom. The molecule has 0 unspecified atom stereocenters. The van der Waals surface area contributed by atoms with Crippen LogP contribution < -0.4 is 14.8 Å². The molecule has 4 rings (SSSR count). The number of hydrogen-bond acceptors (Lipinski definition) is 5. The monoisotopic (exact) mass is 466 g/mol. The second-order valence-corrected chi connectivity index (χ2v) is 7.71. The smallest absolute Gasteiger partial charge is 0.278 e. The van der Waals surface area contributed by atoms with Crippen LogP contribution in [-0.4, -0.2) is 30.9 Å². The number of carbonyl (C=O) groups excluding carboxylic acids is 2. The zero-order valence-corrected chi connectivity index (χ0v) is 18.7. The SMILES string of the molecule is COc1ccc(NC2=C(c3ccc(F)cc3)C(=O)N(Cc3ccc(Cl)cc3)C2=O)cc1OC. The quantitative estimate of drug-likeness (QED) is 0.502. The summed E-state index contributed by atoms with van der Waals surface area (Å²) in [6.07, 6.45) is 0. The fraction of sp³-hybridized carbons (Fsp3) is 0.120. The number of carbonyl (C=O) groups is 2. The maximum atomic E-state index is 13.5. The van der Waals surface area contributed by atoms with Gasteiger partial charge in [-0.05, 0) is 47.5 Å². The minimum Gasteiger partial charge on any atom is -0.493 e. The Labute approximate surface area is 195 Å². The molecule has 3 aromatic carbocycles. The molecule has 0 aliphatic carbocycles. The van der Waals surface area contributed by atoms with Gasteiger partial charge in [-0.1, -0.05) is 35.9 Å². The van der Waals surface area contributed by atoms with Crippen LogP contribution in [0.25, 0.3) is 5.57 Å². The van der Waals surface area contributed by atoms with Gasteiger partial charge in [-0.15, -0.1) is 0 Å². The minimum atomic E-state index is -0.496. The van der Waals surface area contributed by atoms with Crippen LogP contribution in [0.15, 0.2) is 72.4 Å². The first-order chi connectivity index (χ1) is 15.9. The predicted molar refractivity (Wildman–Crippen MR) is 123 cm³/mol. The van der Waals surface area contributed by atoms with Crippen LogP contribution in [0.3, 0.4) is 0 Å². The molecule has 1 aliphatic rings. The number of ether oxygens (including phenoxy) is 2. The second kappa shape index (κ2) is 9.34. The third kappa shape index (κ3) is 4.54. The Morgan fingerprint density at radius 1 is 0.879 bits per heavy atom. The van der Waals surface area contributed by atoms with Crippen molar-refractivity contribution in [3.63, 3.8) is 0 Å². The van der Waals surface area contributed by atoms with E-state index in [1.807, 2.05) is 0 Å². The Hall–Kier alpha value is -3.84. The highest BCUT2D eigenvalue weighted by atomic mass is 35.5. The second-order valence-electron chi connectivity index (χ2n) is 7.27. The van der Waals surface area contributed by atoms with Gasteiger partial charge in [-0.3, -0.25) is 14.5 Å². The number of imide groups is 1. The summed E-state index contributed by atoms with van der Waals surface area (Å²) in [5.74, 6) is -0.438. The number of nitrogens with zero attached hydrogens (tertiary/aromatic N) is 1. The molecule has 0 saturated heterocycles. The summed E-state index contributed by atoms with van der Waals surface area (Å²) in [6, 6.07) is 17.4. The third-order valence-electron chi connectivity index (χ3n) is 5.21. The highest BCUT2D eigenvalue weighted by molar-refractivity contribution is 6.36. The number of rotatable bonds is 7. The number of amides is 2. The Balaban J connectivity index is 1.73. The van der Waals surface area contributed by atoms with Crippen molar-refractivity contribution in [2.24, 2.45) is 0 Å². The topological polar surface area (TPSA) is 67.9 Å². The van der Waals surface area contributed by atoms with Crippen LogP contribution in [0.1, 0.15) is 11.1 Å². The van der Waals surface area contributed by atoms with E-state index < -0.39 is 17.6 Å². The van der Waals surface area contributed by atoms with Crippen molar-refractivity contribution in [2.45, 2.75) is 6.54 Å². The first-order valence-corrected chi connectivity index (χ1v) is 10.4. The molecular weight excluding hydrogens is 447 g/mol. The average Bonchev–Trinajstić information content (AvgIpc) is 3.05. The first kappa shape index (κ1) is 22.4. The molecule has 6 nitrogen and oxygen atoms in total. The van der Waals surface area contributed by atoms with Gasteiger partial charge in [0.05, 0.1) is 26.3 Å². The van der Waals surface area contributed by atoms with Crippen molar-refractivity contribution in [1.82, 2.24) is 4.90 Å². The molecule has 0 fully saturated rings. The van der Waals surface area contributed by atoms with E-state index >= 15 is 0 Å². The molecule has 0 bridgehead atoms. The summed E-state index contributed by atoms with van der Waals surface area (Å²) in [5.41, 5.74) is 1.94. The van der Waals surface area contributed by atoms with Crippen LogP contribution in [-0.2, 0) is 16.1 Å². The summed E-state index contributed by atoms with van der Waals surface area (Å²) in [5, 5.41) is 3.61. The Morgan fingerprint density at radius 2 is 1.55 bits per heavy atom. The summed E-state index contributed by atoms with van der Waals surface area (Å²) in [7, 11) is 3.02. The molecule has 0 saturated carbocycles. The van der Waals surface area contributed by atoms with Crippen LogP contribution in [0, 0.1) is 5.82 Å². The molecule has 0 atom stereocenters. The van der Waals surface area contributed by atoms with E-state index in [0.717, 1.165) is 10.5 Å². The lowest BCUT2D eigenvalue weighted by atomic mass is 10.0. The number of anilines is 1. The van der Waals surface area contributed by atoms with E-state index in [-0.39, 0.29) is 17.8 Å². The lowest BCUT2D eigenvalue weighted by Gasteiger charge is -2.16. The van der Waals surface area contributed by atoms with Crippen LogP contribution in [0.4, 0.5) is 10.1 Å². The molecule has 0 spiro atoms. The molecule has 2 amide bonds. The van der Waals surface area contributed by atoms with Gasteiger partial charge in [-0.25, -0.2) is 4.39 Å². The van der Waals surface area contributed by atoms with Crippen LogP contribution in [0.5, 0.6) is 11.5 Å². The molecule has 1 aliphatic heterocycles. The van der Waals surface area contributed by atoms with Crippen molar-refractivity contribution in [1.29, 1.82) is 0 Å². The largest absolute Gasteiger partial charge is 0.493 e. The van der Waals surface area contributed by atoms with E-state index in [0.29, 0.717) is 27.8 Å². The highest BCUT2D eigenvalue weighted by Crippen LogP contribution is 2.34. The Bertz CT molecular complexity index is 1240. The molecule has 1 N–H and O–H groups in total. The lowest BCUT2D eigenvalue weighted by Crippen LogP contribution is -2.32. The number of nitrogens with one attached hydrogen (secondary N) is 1. The van der Waals surface area contributed by atoms with Crippen molar-refractivity contribution < 1.29 is 23.5 Å². The summed E-state index contributed by atoms with van der Waals surface area (Å²) >= 11 is 5.95. The summed E-state index contributed by atoms with van der Waals surface area (Å²) in [6.45, 7) is 0.0661. The van der Waals surface area contributed by atoms with Crippen LogP contribution >= 0.6 is 11.6 Å². The van der Waals surface area contributed by atoms with Gasteiger partial charge < -0.3 is 14.8 Å². The minimum absolute atomic E-state index is 0.0661. The zero-order chi connectivity index (χ0) is 23.5. The molecule has 0 aromatic heterocycles. The maximum absolute atomic E-state index is 13.5. The number of hydrogen-bond donors (Lipinski definition) is 1. The molecular formula is C25H20ClFN2O4. The van der Waals surface area contributed by atoms with Crippen molar-refractivity contribution in [3.8, 4) is 11.5 Å². The van der Waals surface area contributed by atoms with Gasteiger partial charge in [0.2, 0.25) is 0 Å². The normalized spacial score (nSPS) is 13.5. The van der Waals surface area contributed by atoms with E-state index in [1.54, 1.807) is 42.5 Å². The molecule has 8 heteroatoms. The number of benzene rings is 3. The zero-order valence-electron chi connectivity index (χ0n) is 17.9. The molecule has 1 heterocycles. The third-order valence-corrected chi connectivity index (χ3v) is 5.46. The molecule has 168 valence electrons. The van der Waals surface area contributed by atoms with E-state index in [4.69, 9.17) is 21.1 Å². The van der Waals surface area contributed by atoms with Gasteiger partial charge in [0.1, 0.15) is 11.5 Å². The Kier molecular flexibility index (Phi) is 6.33. The highest BCUT2D eigenvalue weighted by Gasteiger charge is 2.39. The molecule has 33 heavy (non-hydrogen) atoms. The fourth-order valence-corrected chi connectivity index (χ4v) is 3.68. The standard InChI is InChI=1S/C25H20ClFN2O4/c1-32-20-12-11-19(13-21(20)33-2)28-23-22(16-5-9-18(27)10-6-16)24(30)29(25(23)31)14-15-3-7-17(26)8-4-15/h3-13,28H,14H2,1-2H3. The van der Waals surface area contributed by atoms with Gasteiger partial charge in [-0.2, -0.15) is 0 Å². The van der Waals surface area contributed by atoms with E-state index in [1.165, 1.54) is 38.5 Å². The van der Waals surface area contributed by atoms with Gasteiger partial charge >= 0.3 is 0 Å². The van der Waals surface area contributed by atoms with Crippen molar-refractivity contribution in [3.05, 3.63) is 94.4 Å². The van der Waals surface area contributed by atoms with Gasteiger partial charge in [0, 0.05) is 16.8 Å². The fourth-order valence-electron chi connectivity index (χ4n) is 3.55. The van der Waals surface area contributed by atoms with Gasteiger partial charge in [0.25, 0.3) is 11.8 Å². The van der Waals surface area contributed by atoms with Crippen molar-refractivity contribution in [2.75, 3.05) is 19.5 Å². The van der Waals surface area contributed by atoms with E-state index in [2.05, 4.69) is 5.32 Å². The summed E-state index contributed by atoms with van der Waals surface area (Å²) in [4.78, 5) is 27.8. The van der Waals surface area contributed by atoms with E-state index in [9.17, 15) is 14.0 Å². The maximum Gasteiger partial charge on any atom is 0.278 e. The number of halogens is 2. The predicted octanol–water partition coefficient (Wildman–Crippen LogP) is 4.89. The molecule has 3 aromatic rings. The van der Waals surface area contributed by atoms with Gasteiger partial charge in [0.15, 0.2) is 11.5 Å². The summed E-state index contributed by atoms with van der Waals surface area (Å²) < 4.78 is 24.1. The number of methoxy groups -OCH3 is 2. The first-order valence-electron chi connectivity index (χ1n) is 10.0. The van der Waals surface area contributed by atoms with Crippen molar-refractivity contribution >= 4 is 34.7 Å². The van der Waals surface area contributed by atoms with Crippen LogP contribution in [0.2, 0.25) is 5.02 Å².